The molecule has 0 saturated carbocycles. The van der Waals surface area contributed by atoms with Crippen molar-refractivity contribution in [2.45, 2.75) is 39.0 Å². The Kier molecular flexibility index (Phi) is 8.12. The number of nitrogens with one attached hydrogen (secondary N) is 2. The SMILES string of the molecule is CCCCC(=O)Nc1ccc(C(=O)Nc2nnc(CCc3ccc(OC)cc3)s2)cc1. The zero-order valence-corrected chi connectivity index (χ0v) is 18.5. The topological polar surface area (TPSA) is 93.2 Å². The number of aromatic nitrogens is 2. The van der Waals surface area contributed by atoms with Gasteiger partial charge in [0.15, 0.2) is 0 Å². The lowest BCUT2D eigenvalue weighted by Gasteiger charge is -2.06. The van der Waals surface area contributed by atoms with Crippen molar-refractivity contribution in [3.63, 3.8) is 0 Å². The summed E-state index contributed by atoms with van der Waals surface area (Å²) in [4.78, 5) is 24.3. The van der Waals surface area contributed by atoms with E-state index in [0.717, 1.165) is 36.4 Å². The third-order valence-electron chi connectivity index (χ3n) is 4.66. The fourth-order valence-corrected chi connectivity index (χ4v) is 3.62. The van der Waals surface area contributed by atoms with Crippen molar-refractivity contribution in [2.24, 2.45) is 0 Å². The van der Waals surface area contributed by atoms with Crippen LogP contribution in [0.1, 0.15) is 47.1 Å². The number of hydrogen-bond donors (Lipinski definition) is 2. The molecule has 2 N–H and O–H groups in total. The van der Waals surface area contributed by atoms with Crippen LogP contribution in [0.4, 0.5) is 10.8 Å². The lowest BCUT2D eigenvalue weighted by molar-refractivity contribution is -0.116. The van der Waals surface area contributed by atoms with Gasteiger partial charge in [-0.3, -0.25) is 14.9 Å². The van der Waals surface area contributed by atoms with Gasteiger partial charge in [-0.05, 0) is 54.8 Å². The Morgan fingerprint density at radius 3 is 2.39 bits per heavy atom. The smallest absolute Gasteiger partial charge is 0.257 e. The molecular formula is C23H26N4O3S. The van der Waals surface area contributed by atoms with E-state index in [1.165, 1.54) is 16.9 Å². The van der Waals surface area contributed by atoms with Crippen molar-refractivity contribution in [1.29, 1.82) is 0 Å². The number of ether oxygens (including phenoxy) is 1. The quantitative estimate of drug-likeness (QED) is 0.478. The van der Waals surface area contributed by atoms with Gasteiger partial charge in [-0.15, -0.1) is 10.2 Å². The van der Waals surface area contributed by atoms with E-state index in [0.29, 0.717) is 22.8 Å². The van der Waals surface area contributed by atoms with Crippen LogP contribution in [0, 0.1) is 0 Å². The third kappa shape index (κ3) is 6.89. The highest BCUT2D eigenvalue weighted by Crippen LogP contribution is 2.20. The Balaban J connectivity index is 1.50. The van der Waals surface area contributed by atoms with E-state index in [2.05, 4.69) is 20.8 Å². The van der Waals surface area contributed by atoms with Crippen molar-refractivity contribution in [1.82, 2.24) is 10.2 Å². The van der Waals surface area contributed by atoms with Crippen LogP contribution in [0.2, 0.25) is 0 Å². The molecule has 1 heterocycles. The zero-order chi connectivity index (χ0) is 22.1. The minimum absolute atomic E-state index is 0.0184. The number of nitrogens with zero attached hydrogens (tertiary/aromatic N) is 2. The third-order valence-corrected chi connectivity index (χ3v) is 5.56. The van der Waals surface area contributed by atoms with Gasteiger partial charge in [0.1, 0.15) is 10.8 Å². The average molecular weight is 439 g/mol. The van der Waals surface area contributed by atoms with Crippen LogP contribution in [-0.2, 0) is 17.6 Å². The van der Waals surface area contributed by atoms with Crippen molar-refractivity contribution >= 4 is 34.0 Å². The van der Waals surface area contributed by atoms with Crippen LogP contribution in [0.5, 0.6) is 5.75 Å². The van der Waals surface area contributed by atoms with Gasteiger partial charge in [-0.1, -0.05) is 36.8 Å². The molecule has 2 amide bonds. The van der Waals surface area contributed by atoms with Crippen LogP contribution in [-0.4, -0.2) is 29.1 Å². The normalized spacial score (nSPS) is 10.5. The summed E-state index contributed by atoms with van der Waals surface area (Å²) in [5.74, 6) is 0.549. The number of methoxy groups -OCH3 is 1. The number of unbranched alkanes of at least 4 members (excludes halogenated alkanes) is 1. The summed E-state index contributed by atoms with van der Waals surface area (Å²) in [7, 11) is 1.65. The molecule has 0 unspecified atom stereocenters. The summed E-state index contributed by atoms with van der Waals surface area (Å²) in [6.45, 7) is 2.04. The molecule has 0 aliphatic heterocycles. The minimum Gasteiger partial charge on any atom is -0.497 e. The number of carbonyl (C=O) groups excluding carboxylic acids is 2. The molecule has 0 bridgehead atoms. The first kappa shape index (κ1) is 22.4. The molecule has 0 spiro atoms. The number of anilines is 2. The number of amides is 2. The molecule has 162 valence electrons. The number of rotatable bonds is 10. The van der Waals surface area contributed by atoms with Gasteiger partial charge in [-0.25, -0.2) is 0 Å². The number of aryl methyl sites for hydroxylation is 2. The molecule has 3 rings (SSSR count). The van der Waals surface area contributed by atoms with E-state index < -0.39 is 0 Å². The second-order valence-corrected chi connectivity index (χ2v) is 8.09. The average Bonchev–Trinajstić information content (AvgIpc) is 3.24. The standard InChI is InChI=1S/C23H26N4O3S/c1-3-4-5-20(28)24-18-11-9-17(10-12-18)22(29)25-23-27-26-21(31-23)15-8-16-6-13-19(30-2)14-7-16/h6-7,9-14H,3-5,8,15H2,1-2H3,(H,24,28)(H,25,27,29). The van der Waals surface area contributed by atoms with Crippen molar-refractivity contribution in [2.75, 3.05) is 17.7 Å². The van der Waals surface area contributed by atoms with Crippen LogP contribution in [0.15, 0.2) is 48.5 Å². The summed E-state index contributed by atoms with van der Waals surface area (Å²) >= 11 is 1.37. The van der Waals surface area contributed by atoms with Crippen molar-refractivity contribution < 1.29 is 14.3 Å². The molecule has 31 heavy (non-hydrogen) atoms. The maximum Gasteiger partial charge on any atom is 0.257 e. The van der Waals surface area contributed by atoms with Gasteiger partial charge in [-0.2, -0.15) is 0 Å². The van der Waals surface area contributed by atoms with Gasteiger partial charge in [0.05, 0.1) is 7.11 Å². The molecule has 0 fully saturated rings. The second-order valence-electron chi connectivity index (χ2n) is 7.03. The van der Waals surface area contributed by atoms with E-state index in [1.54, 1.807) is 31.4 Å². The molecular weight excluding hydrogens is 412 g/mol. The summed E-state index contributed by atoms with van der Waals surface area (Å²) in [6, 6.07) is 14.7. The highest BCUT2D eigenvalue weighted by atomic mass is 32.1. The number of carbonyl (C=O) groups is 2. The van der Waals surface area contributed by atoms with E-state index in [4.69, 9.17) is 4.74 Å². The highest BCUT2D eigenvalue weighted by Gasteiger charge is 2.11. The maximum atomic E-state index is 12.5. The van der Waals surface area contributed by atoms with Gasteiger partial charge in [0.25, 0.3) is 5.91 Å². The van der Waals surface area contributed by atoms with Crippen LogP contribution in [0.3, 0.4) is 0 Å². The van der Waals surface area contributed by atoms with Crippen LogP contribution in [0.25, 0.3) is 0 Å². The Morgan fingerprint density at radius 1 is 0.968 bits per heavy atom. The predicted octanol–water partition coefficient (Wildman–Crippen LogP) is 4.71. The Bertz CT molecular complexity index is 1000. The molecule has 0 aliphatic rings. The molecule has 7 nitrogen and oxygen atoms in total. The monoisotopic (exact) mass is 438 g/mol. The molecule has 0 atom stereocenters. The Labute approximate surface area is 185 Å². The lowest BCUT2D eigenvalue weighted by atomic mass is 10.1. The van der Waals surface area contributed by atoms with Crippen LogP contribution >= 0.6 is 11.3 Å². The minimum atomic E-state index is -0.262. The fourth-order valence-electron chi connectivity index (χ4n) is 2.88. The molecule has 3 aromatic rings. The first-order chi connectivity index (χ1) is 15.1. The first-order valence-corrected chi connectivity index (χ1v) is 11.1. The van der Waals surface area contributed by atoms with Crippen molar-refractivity contribution in [3.8, 4) is 5.75 Å². The van der Waals surface area contributed by atoms with Crippen LogP contribution < -0.4 is 15.4 Å². The first-order valence-electron chi connectivity index (χ1n) is 10.2. The number of hydrogen-bond acceptors (Lipinski definition) is 6. The highest BCUT2D eigenvalue weighted by molar-refractivity contribution is 7.15. The summed E-state index contributed by atoms with van der Waals surface area (Å²) < 4.78 is 5.17. The molecule has 0 saturated heterocycles. The molecule has 0 aliphatic carbocycles. The van der Waals surface area contributed by atoms with Gasteiger partial charge in [0, 0.05) is 24.1 Å². The van der Waals surface area contributed by atoms with Gasteiger partial charge in [0.2, 0.25) is 11.0 Å². The summed E-state index contributed by atoms with van der Waals surface area (Å²) in [5, 5.41) is 15.2. The largest absolute Gasteiger partial charge is 0.497 e. The molecule has 2 aromatic carbocycles. The summed E-state index contributed by atoms with van der Waals surface area (Å²) in [6.07, 6.45) is 3.90. The van der Waals surface area contributed by atoms with Gasteiger partial charge >= 0.3 is 0 Å². The van der Waals surface area contributed by atoms with Crippen molar-refractivity contribution in [3.05, 3.63) is 64.7 Å². The fraction of sp³-hybridized carbons (Fsp3) is 0.304. The Hall–Kier alpha value is -3.26. The van der Waals surface area contributed by atoms with E-state index >= 15 is 0 Å². The van der Waals surface area contributed by atoms with E-state index in [9.17, 15) is 9.59 Å². The molecule has 0 radical (unpaired) electrons. The molecule has 8 heteroatoms. The van der Waals surface area contributed by atoms with E-state index in [-0.39, 0.29) is 11.8 Å². The summed E-state index contributed by atoms with van der Waals surface area (Å²) in [5.41, 5.74) is 2.35. The number of benzene rings is 2. The predicted molar refractivity (Wildman–Crippen MR) is 123 cm³/mol. The molecule has 1 aromatic heterocycles. The Morgan fingerprint density at radius 2 is 1.71 bits per heavy atom. The van der Waals surface area contributed by atoms with E-state index in [1.807, 2.05) is 31.2 Å². The maximum absolute atomic E-state index is 12.5. The second kappa shape index (κ2) is 11.2. The lowest BCUT2D eigenvalue weighted by Crippen LogP contribution is -2.13. The zero-order valence-electron chi connectivity index (χ0n) is 17.7. The van der Waals surface area contributed by atoms with Gasteiger partial charge < -0.3 is 10.1 Å².